The van der Waals surface area contributed by atoms with Gasteiger partial charge in [0.2, 0.25) is 0 Å². The van der Waals surface area contributed by atoms with Gasteiger partial charge in [-0.25, -0.2) is 0 Å². The molecule has 3 aliphatic rings. The van der Waals surface area contributed by atoms with Crippen LogP contribution in [-0.4, -0.2) is 22.8 Å². The molecule has 0 bridgehead atoms. The first-order chi connectivity index (χ1) is 7.18. The molecule has 1 aliphatic heterocycles. The zero-order chi connectivity index (χ0) is 10.6. The maximum absolute atomic E-state index is 11.9. The zero-order valence-corrected chi connectivity index (χ0v) is 8.90. The van der Waals surface area contributed by atoms with Crippen molar-refractivity contribution in [3.05, 3.63) is 11.6 Å². The number of rotatable bonds is 3. The molecular weight excluding hydrogens is 190 g/mol. The Morgan fingerprint density at radius 3 is 2.07 bits per heavy atom. The number of hydrogen-bond acceptors (Lipinski definition) is 2. The molecule has 2 saturated carbocycles. The van der Waals surface area contributed by atoms with Gasteiger partial charge in [0.25, 0.3) is 11.8 Å². The quantitative estimate of drug-likeness (QED) is 0.655. The van der Waals surface area contributed by atoms with E-state index in [1.165, 1.54) is 36.7 Å². The van der Waals surface area contributed by atoms with Crippen molar-refractivity contribution in [3.63, 3.8) is 0 Å². The second-order valence-corrected chi connectivity index (χ2v) is 5.01. The van der Waals surface area contributed by atoms with Gasteiger partial charge >= 0.3 is 0 Å². The molecule has 0 saturated heterocycles. The first kappa shape index (κ1) is 9.13. The molecule has 3 nitrogen and oxygen atoms in total. The van der Waals surface area contributed by atoms with E-state index in [9.17, 15) is 9.59 Å². The van der Waals surface area contributed by atoms with Crippen LogP contribution in [0.3, 0.4) is 0 Å². The van der Waals surface area contributed by atoms with Gasteiger partial charge in [0.1, 0.15) is 0 Å². The molecule has 80 valence electrons. The SMILES string of the molecule is CC1=CC(=O)N(C(C2CC2)C2CC2)C1=O. The lowest BCUT2D eigenvalue weighted by atomic mass is 10.1. The topological polar surface area (TPSA) is 37.4 Å². The first-order valence-corrected chi connectivity index (χ1v) is 5.74. The van der Waals surface area contributed by atoms with Crippen LogP contribution in [-0.2, 0) is 9.59 Å². The van der Waals surface area contributed by atoms with E-state index in [-0.39, 0.29) is 17.9 Å². The van der Waals surface area contributed by atoms with Crippen molar-refractivity contribution in [2.45, 2.75) is 38.6 Å². The number of amides is 2. The molecule has 3 heteroatoms. The van der Waals surface area contributed by atoms with Gasteiger partial charge < -0.3 is 0 Å². The monoisotopic (exact) mass is 205 g/mol. The van der Waals surface area contributed by atoms with E-state index in [2.05, 4.69) is 0 Å². The van der Waals surface area contributed by atoms with Crippen molar-refractivity contribution in [2.24, 2.45) is 11.8 Å². The summed E-state index contributed by atoms with van der Waals surface area (Å²) in [6.45, 7) is 1.73. The molecule has 3 rings (SSSR count). The Morgan fingerprint density at radius 2 is 1.73 bits per heavy atom. The fourth-order valence-corrected chi connectivity index (χ4v) is 2.57. The minimum atomic E-state index is -0.0821. The van der Waals surface area contributed by atoms with Crippen molar-refractivity contribution >= 4 is 11.8 Å². The Kier molecular flexibility index (Phi) is 1.79. The Bertz CT molecular complexity index is 352. The maximum atomic E-state index is 11.9. The number of carbonyl (C=O) groups excluding carboxylic acids is 2. The fourth-order valence-electron chi connectivity index (χ4n) is 2.57. The third-order valence-electron chi connectivity index (χ3n) is 3.64. The van der Waals surface area contributed by atoms with Crippen molar-refractivity contribution < 1.29 is 9.59 Å². The van der Waals surface area contributed by atoms with Crippen molar-refractivity contribution in [2.75, 3.05) is 0 Å². The van der Waals surface area contributed by atoms with Crippen LogP contribution in [0, 0.1) is 11.8 Å². The molecule has 0 N–H and O–H groups in total. The summed E-state index contributed by atoms with van der Waals surface area (Å²) in [6, 6.07) is 0.221. The van der Waals surface area contributed by atoms with Crippen LogP contribution in [0.2, 0.25) is 0 Å². The summed E-state index contributed by atoms with van der Waals surface area (Å²) in [5, 5.41) is 0. The lowest BCUT2D eigenvalue weighted by Gasteiger charge is -2.26. The summed E-state index contributed by atoms with van der Waals surface area (Å²) in [5.41, 5.74) is 0.603. The minimum absolute atomic E-state index is 0.0520. The largest absolute Gasteiger partial charge is 0.272 e. The van der Waals surface area contributed by atoms with Gasteiger partial charge in [0.05, 0.1) is 0 Å². The van der Waals surface area contributed by atoms with Gasteiger partial charge in [-0.1, -0.05) is 0 Å². The van der Waals surface area contributed by atoms with E-state index < -0.39 is 0 Å². The van der Waals surface area contributed by atoms with Crippen LogP contribution >= 0.6 is 0 Å². The van der Waals surface area contributed by atoms with Gasteiger partial charge in [-0.15, -0.1) is 0 Å². The second kappa shape index (κ2) is 2.94. The Labute approximate surface area is 89.1 Å². The molecule has 0 spiro atoms. The summed E-state index contributed by atoms with van der Waals surface area (Å²) >= 11 is 0. The molecule has 1 heterocycles. The molecule has 2 fully saturated rings. The summed E-state index contributed by atoms with van der Waals surface area (Å²) < 4.78 is 0. The normalized spacial score (nSPS) is 26.5. The standard InChI is InChI=1S/C12H15NO2/c1-7-6-10(14)13(12(7)15)11(8-2-3-8)9-4-5-9/h6,8-9,11H,2-5H2,1H3. The molecule has 0 aromatic heterocycles. The number of nitrogens with zero attached hydrogens (tertiary/aromatic N) is 1. The Morgan fingerprint density at radius 1 is 1.20 bits per heavy atom. The van der Waals surface area contributed by atoms with E-state index in [4.69, 9.17) is 0 Å². The first-order valence-electron chi connectivity index (χ1n) is 5.74. The van der Waals surface area contributed by atoms with Crippen LogP contribution in [0.15, 0.2) is 11.6 Å². The number of hydrogen-bond donors (Lipinski definition) is 0. The lowest BCUT2D eigenvalue weighted by Crippen LogP contribution is -2.43. The van der Waals surface area contributed by atoms with Crippen molar-refractivity contribution in [3.8, 4) is 0 Å². The summed E-state index contributed by atoms with van der Waals surface area (Å²) in [7, 11) is 0. The van der Waals surface area contributed by atoms with Gasteiger partial charge in [-0.05, 0) is 44.4 Å². The minimum Gasteiger partial charge on any atom is -0.272 e. The average Bonchev–Trinajstić information content (AvgIpc) is 3.03. The van der Waals surface area contributed by atoms with E-state index >= 15 is 0 Å². The van der Waals surface area contributed by atoms with Gasteiger partial charge in [-0.2, -0.15) is 0 Å². The lowest BCUT2D eigenvalue weighted by molar-refractivity contribution is -0.141. The Hall–Kier alpha value is -1.12. The van der Waals surface area contributed by atoms with E-state index in [1.807, 2.05) is 0 Å². The highest BCUT2D eigenvalue weighted by atomic mass is 16.2. The molecule has 2 amide bonds. The number of carbonyl (C=O) groups is 2. The van der Waals surface area contributed by atoms with Gasteiger partial charge in [-0.3, -0.25) is 14.5 Å². The second-order valence-electron chi connectivity index (χ2n) is 5.01. The van der Waals surface area contributed by atoms with Crippen molar-refractivity contribution in [1.29, 1.82) is 0 Å². The predicted octanol–water partition coefficient (Wildman–Crippen LogP) is 1.49. The number of imide groups is 1. The van der Waals surface area contributed by atoms with Crippen LogP contribution < -0.4 is 0 Å². The third kappa shape index (κ3) is 1.41. The predicted molar refractivity (Wildman–Crippen MR) is 54.8 cm³/mol. The van der Waals surface area contributed by atoms with Gasteiger partial charge in [0, 0.05) is 17.7 Å². The van der Waals surface area contributed by atoms with E-state index in [1.54, 1.807) is 6.92 Å². The average molecular weight is 205 g/mol. The Balaban J connectivity index is 1.85. The van der Waals surface area contributed by atoms with Crippen molar-refractivity contribution in [1.82, 2.24) is 4.90 Å². The molecule has 0 aromatic rings. The maximum Gasteiger partial charge on any atom is 0.256 e. The third-order valence-corrected chi connectivity index (χ3v) is 3.64. The summed E-state index contributed by atoms with van der Waals surface area (Å²) in [6.07, 6.45) is 6.25. The molecule has 0 aromatic carbocycles. The van der Waals surface area contributed by atoms with E-state index in [0.717, 1.165) is 0 Å². The van der Waals surface area contributed by atoms with Crippen LogP contribution in [0.5, 0.6) is 0 Å². The molecule has 2 aliphatic carbocycles. The molecule has 0 atom stereocenters. The molecule has 0 radical (unpaired) electrons. The zero-order valence-electron chi connectivity index (χ0n) is 8.90. The highest BCUT2D eigenvalue weighted by molar-refractivity contribution is 6.16. The molecule has 0 unspecified atom stereocenters. The summed E-state index contributed by atoms with van der Waals surface area (Å²) in [4.78, 5) is 25.1. The van der Waals surface area contributed by atoms with Crippen LogP contribution in [0.4, 0.5) is 0 Å². The van der Waals surface area contributed by atoms with Crippen LogP contribution in [0.25, 0.3) is 0 Å². The molecular formula is C12H15NO2. The highest BCUT2D eigenvalue weighted by Gasteiger charge is 2.49. The van der Waals surface area contributed by atoms with Gasteiger partial charge in [0.15, 0.2) is 0 Å². The molecule has 15 heavy (non-hydrogen) atoms. The van der Waals surface area contributed by atoms with Crippen LogP contribution in [0.1, 0.15) is 32.6 Å². The fraction of sp³-hybridized carbons (Fsp3) is 0.667. The highest BCUT2D eigenvalue weighted by Crippen LogP contribution is 2.48. The smallest absolute Gasteiger partial charge is 0.256 e. The van der Waals surface area contributed by atoms with E-state index in [0.29, 0.717) is 17.4 Å². The summed E-state index contributed by atoms with van der Waals surface area (Å²) in [5.74, 6) is 1.07.